The van der Waals surface area contributed by atoms with E-state index in [-0.39, 0.29) is 22.9 Å². The first kappa shape index (κ1) is 16.2. The molecule has 1 saturated heterocycles. The van der Waals surface area contributed by atoms with Crippen LogP contribution in [0.25, 0.3) is 0 Å². The van der Waals surface area contributed by atoms with Gasteiger partial charge in [-0.3, -0.25) is 4.79 Å². The molecule has 1 aliphatic rings. The molecule has 0 aliphatic carbocycles. The van der Waals surface area contributed by atoms with Crippen molar-refractivity contribution in [2.45, 2.75) is 25.9 Å². The van der Waals surface area contributed by atoms with Crippen LogP contribution in [-0.4, -0.2) is 31.7 Å². The molecule has 21 heavy (non-hydrogen) atoms. The van der Waals surface area contributed by atoms with E-state index >= 15 is 0 Å². The van der Waals surface area contributed by atoms with Gasteiger partial charge in [0.1, 0.15) is 5.82 Å². The molecule has 1 heterocycles. The van der Waals surface area contributed by atoms with Crippen LogP contribution in [0.2, 0.25) is 5.02 Å². The van der Waals surface area contributed by atoms with E-state index in [9.17, 15) is 9.18 Å². The van der Waals surface area contributed by atoms with Crippen LogP contribution in [-0.2, 0) is 16.1 Å². The van der Waals surface area contributed by atoms with Gasteiger partial charge in [0, 0.05) is 12.6 Å². The molecule has 1 fully saturated rings. The highest BCUT2D eigenvalue weighted by molar-refractivity contribution is 6.30. The Balaban J connectivity index is 1.87. The summed E-state index contributed by atoms with van der Waals surface area (Å²) in [5.74, 6) is -0.700. The van der Waals surface area contributed by atoms with Crippen molar-refractivity contribution in [3.8, 4) is 0 Å². The maximum Gasteiger partial charge on any atom is 0.227 e. The quantitative estimate of drug-likeness (QED) is 0.845. The summed E-state index contributed by atoms with van der Waals surface area (Å²) in [6.07, 6.45) is 1.01. The second-order valence-electron chi connectivity index (χ2n) is 5.17. The Kier molecular flexibility index (Phi) is 5.96. The van der Waals surface area contributed by atoms with Crippen LogP contribution in [0.5, 0.6) is 0 Å². The van der Waals surface area contributed by atoms with Gasteiger partial charge < -0.3 is 15.4 Å². The predicted molar refractivity (Wildman–Crippen MR) is 79.6 cm³/mol. The third kappa shape index (κ3) is 4.40. The number of carbonyl (C=O) groups excluding carboxylic acids is 1. The number of amides is 1. The van der Waals surface area contributed by atoms with Crippen molar-refractivity contribution >= 4 is 17.5 Å². The van der Waals surface area contributed by atoms with Gasteiger partial charge in [-0.05, 0) is 30.7 Å². The van der Waals surface area contributed by atoms with Crippen molar-refractivity contribution in [2.75, 3.05) is 19.8 Å². The van der Waals surface area contributed by atoms with Gasteiger partial charge >= 0.3 is 0 Å². The van der Waals surface area contributed by atoms with Gasteiger partial charge in [-0.15, -0.1) is 0 Å². The molecule has 2 atom stereocenters. The summed E-state index contributed by atoms with van der Waals surface area (Å²) >= 11 is 5.72. The van der Waals surface area contributed by atoms with Crippen molar-refractivity contribution in [2.24, 2.45) is 5.92 Å². The van der Waals surface area contributed by atoms with E-state index in [4.69, 9.17) is 16.3 Å². The van der Waals surface area contributed by atoms with E-state index in [2.05, 4.69) is 17.6 Å². The topological polar surface area (TPSA) is 50.4 Å². The van der Waals surface area contributed by atoms with Crippen molar-refractivity contribution in [1.82, 2.24) is 10.6 Å². The summed E-state index contributed by atoms with van der Waals surface area (Å²) in [5, 5.41) is 6.24. The Hall–Kier alpha value is -1.17. The number of halogens is 2. The van der Waals surface area contributed by atoms with Gasteiger partial charge in [0.2, 0.25) is 5.91 Å². The Morgan fingerprint density at radius 2 is 2.29 bits per heavy atom. The monoisotopic (exact) mass is 314 g/mol. The first-order chi connectivity index (χ1) is 10.1. The van der Waals surface area contributed by atoms with Crippen LogP contribution in [0, 0.1) is 11.7 Å². The highest BCUT2D eigenvalue weighted by Gasteiger charge is 2.33. The molecular weight excluding hydrogens is 295 g/mol. The van der Waals surface area contributed by atoms with E-state index in [1.165, 1.54) is 12.1 Å². The van der Waals surface area contributed by atoms with Gasteiger partial charge in [-0.25, -0.2) is 4.39 Å². The van der Waals surface area contributed by atoms with Gasteiger partial charge in [-0.1, -0.05) is 24.6 Å². The molecule has 0 spiro atoms. The molecule has 0 bridgehead atoms. The molecule has 1 aliphatic heterocycles. The number of rotatable bonds is 6. The molecule has 0 radical (unpaired) electrons. The van der Waals surface area contributed by atoms with Crippen LogP contribution >= 0.6 is 11.6 Å². The lowest BCUT2D eigenvalue weighted by Gasteiger charge is -2.18. The molecule has 1 aromatic carbocycles. The number of carbonyl (C=O) groups is 1. The molecular formula is C15H20ClFN2O2. The van der Waals surface area contributed by atoms with E-state index in [0.717, 1.165) is 18.5 Å². The van der Waals surface area contributed by atoms with Gasteiger partial charge in [0.15, 0.2) is 0 Å². The SMILES string of the molecule is CCCNC1COCC1C(=O)NCc1ccc(F)c(Cl)c1. The lowest BCUT2D eigenvalue weighted by molar-refractivity contribution is -0.125. The number of ether oxygens (including phenoxy) is 1. The fourth-order valence-corrected chi connectivity index (χ4v) is 2.52. The zero-order valence-corrected chi connectivity index (χ0v) is 12.8. The molecule has 6 heteroatoms. The maximum absolute atomic E-state index is 13.1. The van der Waals surface area contributed by atoms with E-state index in [1.807, 2.05) is 0 Å². The first-order valence-corrected chi connectivity index (χ1v) is 7.52. The third-order valence-electron chi connectivity index (χ3n) is 3.52. The van der Waals surface area contributed by atoms with E-state index in [1.54, 1.807) is 6.07 Å². The second-order valence-corrected chi connectivity index (χ2v) is 5.58. The maximum atomic E-state index is 13.1. The average molecular weight is 315 g/mol. The highest BCUT2D eigenvalue weighted by Crippen LogP contribution is 2.17. The minimum absolute atomic E-state index is 0.0541. The van der Waals surface area contributed by atoms with Crippen molar-refractivity contribution in [1.29, 1.82) is 0 Å². The Morgan fingerprint density at radius 1 is 1.48 bits per heavy atom. The number of benzene rings is 1. The summed E-state index contributed by atoms with van der Waals surface area (Å²) < 4.78 is 18.4. The molecule has 1 aromatic rings. The zero-order valence-electron chi connectivity index (χ0n) is 12.0. The Labute approximate surface area is 129 Å². The third-order valence-corrected chi connectivity index (χ3v) is 3.81. The molecule has 0 aromatic heterocycles. The second kappa shape index (κ2) is 7.73. The largest absolute Gasteiger partial charge is 0.379 e. The highest BCUT2D eigenvalue weighted by atomic mass is 35.5. The average Bonchev–Trinajstić information content (AvgIpc) is 2.94. The van der Waals surface area contributed by atoms with E-state index < -0.39 is 5.82 Å². The summed E-state index contributed by atoms with van der Waals surface area (Å²) in [4.78, 5) is 12.2. The Morgan fingerprint density at radius 3 is 3.00 bits per heavy atom. The predicted octanol–water partition coefficient (Wildman–Crippen LogP) is 2.11. The smallest absolute Gasteiger partial charge is 0.227 e. The molecule has 2 unspecified atom stereocenters. The van der Waals surface area contributed by atoms with Crippen LogP contribution in [0.3, 0.4) is 0 Å². The van der Waals surface area contributed by atoms with Crippen molar-refractivity contribution < 1.29 is 13.9 Å². The normalized spacial score (nSPS) is 21.5. The molecule has 1 amide bonds. The van der Waals surface area contributed by atoms with E-state index in [0.29, 0.717) is 19.8 Å². The van der Waals surface area contributed by atoms with Crippen LogP contribution in [0.15, 0.2) is 18.2 Å². The van der Waals surface area contributed by atoms with Crippen LogP contribution in [0.1, 0.15) is 18.9 Å². The standard InChI is InChI=1S/C15H20ClFN2O2/c1-2-5-18-14-9-21-8-11(14)15(20)19-7-10-3-4-13(17)12(16)6-10/h3-4,6,11,14,18H,2,5,7-9H2,1H3,(H,19,20). The minimum atomic E-state index is -0.459. The summed E-state index contributed by atoms with van der Waals surface area (Å²) in [6, 6.07) is 4.49. The number of nitrogens with one attached hydrogen (secondary N) is 2. The molecule has 116 valence electrons. The number of hydrogen-bond acceptors (Lipinski definition) is 3. The Bertz CT molecular complexity index is 499. The molecule has 2 N–H and O–H groups in total. The fourth-order valence-electron chi connectivity index (χ4n) is 2.31. The summed E-state index contributed by atoms with van der Waals surface area (Å²) in [5.41, 5.74) is 0.770. The minimum Gasteiger partial charge on any atom is -0.379 e. The molecule has 2 rings (SSSR count). The zero-order chi connectivity index (χ0) is 15.2. The van der Waals surface area contributed by atoms with Crippen molar-refractivity contribution in [3.05, 3.63) is 34.6 Å². The summed E-state index contributed by atoms with van der Waals surface area (Å²) in [7, 11) is 0. The molecule has 0 saturated carbocycles. The lowest BCUT2D eigenvalue weighted by Crippen LogP contribution is -2.44. The summed E-state index contributed by atoms with van der Waals surface area (Å²) in [6.45, 7) is 4.26. The van der Waals surface area contributed by atoms with Gasteiger partial charge in [0.25, 0.3) is 0 Å². The number of hydrogen-bond donors (Lipinski definition) is 2. The van der Waals surface area contributed by atoms with Crippen LogP contribution in [0.4, 0.5) is 4.39 Å². The van der Waals surface area contributed by atoms with Crippen LogP contribution < -0.4 is 10.6 Å². The molecule has 4 nitrogen and oxygen atoms in total. The van der Waals surface area contributed by atoms with Gasteiger partial charge in [0.05, 0.1) is 24.2 Å². The first-order valence-electron chi connectivity index (χ1n) is 7.14. The van der Waals surface area contributed by atoms with Crippen molar-refractivity contribution in [3.63, 3.8) is 0 Å². The van der Waals surface area contributed by atoms with Gasteiger partial charge in [-0.2, -0.15) is 0 Å². The lowest BCUT2D eigenvalue weighted by atomic mass is 10.0. The fraction of sp³-hybridized carbons (Fsp3) is 0.533.